The number of thiophene rings is 1. The third-order valence-corrected chi connectivity index (χ3v) is 5.39. The zero-order chi connectivity index (χ0) is 23.1. The lowest BCUT2D eigenvalue weighted by molar-refractivity contribution is 0.262. The van der Waals surface area contributed by atoms with Crippen molar-refractivity contribution in [2.24, 2.45) is 0 Å². The van der Waals surface area contributed by atoms with Crippen LogP contribution in [0, 0.1) is 23.7 Å². The monoisotopic (exact) mass is 443 g/mol. The predicted molar refractivity (Wildman–Crippen MR) is 124 cm³/mol. The summed E-state index contributed by atoms with van der Waals surface area (Å²) >= 11 is 1.57. The van der Waals surface area contributed by atoms with Gasteiger partial charge in [0.15, 0.2) is 0 Å². The number of isocyanates is 1. The number of rotatable bonds is 3. The summed E-state index contributed by atoms with van der Waals surface area (Å²) in [6, 6.07) is 15.9. The number of aromatic nitrogens is 2. The Morgan fingerprint density at radius 3 is 2.50 bits per heavy atom. The van der Waals surface area contributed by atoms with Gasteiger partial charge in [-0.2, -0.15) is 5.26 Å². The number of nitrogens with zero attached hydrogens (tertiary/aromatic N) is 3. The number of nitrogens with two attached hydrogens (primary N) is 1. The van der Waals surface area contributed by atoms with Crippen molar-refractivity contribution in [3.8, 4) is 17.2 Å². The number of nitrogens with one attached hydrogen (secondary N) is 3. The summed E-state index contributed by atoms with van der Waals surface area (Å²) in [7, 11) is 0. The highest BCUT2D eigenvalue weighted by molar-refractivity contribution is 7.19. The first-order valence-corrected chi connectivity index (χ1v) is 10.0. The molecule has 2 heterocycles. The number of amides is 2. The van der Waals surface area contributed by atoms with Gasteiger partial charge >= 0.3 is 6.03 Å². The zero-order valence-corrected chi connectivity index (χ0v) is 17.7. The van der Waals surface area contributed by atoms with Crippen molar-refractivity contribution >= 4 is 50.9 Å². The molecule has 0 saturated carbocycles. The van der Waals surface area contributed by atoms with Crippen LogP contribution < -0.4 is 16.4 Å². The maximum Gasteiger partial charge on any atom is 0.323 e. The molecule has 0 aliphatic rings. The van der Waals surface area contributed by atoms with Crippen LogP contribution in [0.5, 0.6) is 0 Å². The van der Waals surface area contributed by atoms with Crippen molar-refractivity contribution in [1.82, 2.24) is 9.97 Å². The van der Waals surface area contributed by atoms with Gasteiger partial charge in [0.2, 0.25) is 6.08 Å². The first-order chi connectivity index (χ1) is 15.5. The second-order valence-corrected chi connectivity index (χ2v) is 7.63. The van der Waals surface area contributed by atoms with Gasteiger partial charge in [0.1, 0.15) is 17.0 Å². The summed E-state index contributed by atoms with van der Waals surface area (Å²) < 4.78 is 0. The fraction of sp³-hybridized carbons (Fsp3) is 0.0455. The summed E-state index contributed by atoms with van der Waals surface area (Å²) in [6.07, 6.45) is 2.22. The molecule has 10 heteroatoms. The Bertz CT molecular complexity index is 1350. The minimum Gasteiger partial charge on any atom is -0.383 e. The second kappa shape index (κ2) is 9.95. The summed E-state index contributed by atoms with van der Waals surface area (Å²) in [6.45, 7) is 2.02. The van der Waals surface area contributed by atoms with Crippen molar-refractivity contribution in [3.63, 3.8) is 0 Å². The number of benzene rings is 2. The van der Waals surface area contributed by atoms with Crippen molar-refractivity contribution in [1.29, 1.82) is 10.7 Å². The molecule has 0 saturated heterocycles. The quantitative estimate of drug-likeness (QED) is 0.266. The minimum absolute atomic E-state index is 0.386. The Hall–Kier alpha value is -4.58. The molecule has 4 rings (SSSR count). The van der Waals surface area contributed by atoms with Crippen molar-refractivity contribution < 1.29 is 9.59 Å². The molecular formula is C22H17N7O2S. The fourth-order valence-corrected chi connectivity index (χ4v) is 4.11. The summed E-state index contributed by atoms with van der Waals surface area (Å²) in [5.74, 6) is 0.454. The van der Waals surface area contributed by atoms with E-state index in [-0.39, 0.29) is 6.03 Å². The Kier molecular flexibility index (Phi) is 6.88. The molecule has 5 N–H and O–H groups in total. The lowest BCUT2D eigenvalue weighted by Gasteiger charge is -2.09. The molecule has 2 aromatic heterocycles. The number of aryl methyl sites for hydroxylation is 1. The molecule has 0 radical (unpaired) electrons. The number of hydrogen-bond acceptors (Lipinski definition) is 8. The van der Waals surface area contributed by atoms with Crippen LogP contribution in [0.2, 0.25) is 0 Å². The number of nitriles is 1. The first kappa shape index (κ1) is 22.1. The maximum absolute atomic E-state index is 12.2. The van der Waals surface area contributed by atoms with E-state index in [1.165, 1.54) is 6.33 Å². The van der Waals surface area contributed by atoms with E-state index in [0.29, 0.717) is 22.8 Å². The third kappa shape index (κ3) is 4.94. The molecule has 0 spiro atoms. The van der Waals surface area contributed by atoms with Gasteiger partial charge in [0.25, 0.3) is 0 Å². The molecule has 0 fully saturated rings. The smallest absolute Gasteiger partial charge is 0.323 e. The largest absolute Gasteiger partial charge is 0.383 e. The first-order valence-electron chi connectivity index (χ1n) is 9.19. The van der Waals surface area contributed by atoms with E-state index in [2.05, 4.69) is 20.6 Å². The Morgan fingerprint density at radius 2 is 1.81 bits per heavy atom. The van der Waals surface area contributed by atoms with E-state index in [1.54, 1.807) is 35.6 Å². The minimum atomic E-state index is -0.386. The number of carbonyl (C=O) groups is 1. The topological polar surface area (TPSA) is 158 Å². The standard InChI is InChI=1S/C21H16N6OS.CHNO/c1-12-17(18-19(23)24-11-25-20(18)29-12)14-5-7-15(8-6-14)26-21(28)27-16-4-2-3-13(9-16)10-22;2-1-3/h2-9,11H,1H3,(H2,23,24,25)(H2,26,27,28);2H. The molecule has 2 amide bonds. The molecule has 0 bridgehead atoms. The van der Waals surface area contributed by atoms with Crippen LogP contribution in [-0.4, -0.2) is 22.1 Å². The van der Waals surface area contributed by atoms with Gasteiger partial charge in [0, 0.05) is 21.8 Å². The number of urea groups is 1. The van der Waals surface area contributed by atoms with Crippen LogP contribution in [0.3, 0.4) is 0 Å². The van der Waals surface area contributed by atoms with Gasteiger partial charge in [-0.05, 0) is 42.8 Å². The Labute approximate surface area is 187 Å². The van der Waals surface area contributed by atoms with Gasteiger partial charge in [-0.15, -0.1) is 11.3 Å². The van der Waals surface area contributed by atoms with E-state index in [1.807, 2.05) is 37.3 Å². The molecule has 0 aliphatic heterocycles. The van der Waals surface area contributed by atoms with Crippen LogP contribution in [0.15, 0.2) is 54.9 Å². The van der Waals surface area contributed by atoms with Crippen molar-refractivity contribution in [2.45, 2.75) is 6.92 Å². The maximum atomic E-state index is 12.2. The van der Waals surface area contributed by atoms with Gasteiger partial charge in [-0.25, -0.2) is 25.0 Å². The number of carbonyl (C=O) groups excluding carboxylic acids is 2. The lowest BCUT2D eigenvalue weighted by atomic mass is 10.0. The van der Waals surface area contributed by atoms with E-state index >= 15 is 0 Å². The highest BCUT2D eigenvalue weighted by Gasteiger charge is 2.15. The average Bonchev–Trinajstić information content (AvgIpc) is 3.12. The van der Waals surface area contributed by atoms with E-state index in [9.17, 15) is 4.79 Å². The highest BCUT2D eigenvalue weighted by atomic mass is 32.1. The summed E-state index contributed by atoms with van der Waals surface area (Å²) in [5, 5.41) is 20.7. The molecule has 9 nitrogen and oxygen atoms in total. The normalized spacial score (nSPS) is 9.75. The third-order valence-electron chi connectivity index (χ3n) is 4.37. The van der Waals surface area contributed by atoms with Gasteiger partial charge < -0.3 is 16.4 Å². The van der Waals surface area contributed by atoms with Crippen LogP contribution >= 0.6 is 11.3 Å². The van der Waals surface area contributed by atoms with Crippen LogP contribution in [0.4, 0.5) is 22.0 Å². The van der Waals surface area contributed by atoms with Crippen molar-refractivity contribution in [2.75, 3.05) is 16.4 Å². The summed E-state index contributed by atoms with van der Waals surface area (Å²) in [5.41, 5.74) is 9.72. The Balaban J connectivity index is 0.000000913. The molecule has 0 aliphatic carbocycles. The summed E-state index contributed by atoms with van der Waals surface area (Å²) in [4.78, 5) is 30.9. The van der Waals surface area contributed by atoms with Gasteiger partial charge in [0.05, 0.1) is 17.0 Å². The second-order valence-electron chi connectivity index (χ2n) is 6.42. The van der Waals surface area contributed by atoms with Gasteiger partial charge in [-0.3, -0.25) is 0 Å². The fourth-order valence-electron chi connectivity index (χ4n) is 3.09. The van der Waals surface area contributed by atoms with Crippen LogP contribution in [-0.2, 0) is 4.79 Å². The van der Waals surface area contributed by atoms with E-state index in [0.717, 1.165) is 32.3 Å². The lowest BCUT2D eigenvalue weighted by Crippen LogP contribution is -2.19. The molecule has 158 valence electrons. The number of hydrogen-bond donors (Lipinski definition) is 4. The SMILES string of the molecule is Cc1sc2ncnc(N)c2c1-c1ccc(NC(=O)Nc2cccc(C#N)c2)cc1.N=C=O. The number of anilines is 3. The zero-order valence-electron chi connectivity index (χ0n) is 16.8. The molecule has 2 aromatic carbocycles. The average molecular weight is 443 g/mol. The Morgan fingerprint density at radius 1 is 1.12 bits per heavy atom. The molecular weight excluding hydrogens is 426 g/mol. The molecule has 4 aromatic rings. The highest BCUT2D eigenvalue weighted by Crippen LogP contribution is 2.39. The van der Waals surface area contributed by atoms with Crippen LogP contribution in [0.1, 0.15) is 10.4 Å². The van der Waals surface area contributed by atoms with Crippen molar-refractivity contribution in [3.05, 3.63) is 65.3 Å². The number of fused-ring (bicyclic) bond motifs is 1. The molecule has 0 atom stereocenters. The van der Waals surface area contributed by atoms with E-state index < -0.39 is 0 Å². The molecule has 32 heavy (non-hydrogen) atoms. The van der Waals surface area contributed by atoms with Gasteiger partial charge in [-0.1, -0.05) is 18.2 Å². The van der Waals surface area contributed by atoms with E-state index in [4.69, 9.17) is 21.2 Å². The molecule has 0 unspecified atom stereocenters. The predicted octanol–water partition coefficient (Wildman–Crippen LogP) is 4.67. The van der Waals surface area contributed by atoms with Crippen LogP contribution in [0.25, 0.3) is 21.3 Å². The number of nitrogen functional groups attached to an aromatic ring is 1.